The van der Waals surface area contributed by atoms with Gasteiger partial charge in [-0.1, -0.05) is 6.07 Å². The Kier molecular flexibility index (Phi) is 6.36. The summed E-state index contributed by atoms with van der Waals surface area (Å²) in [6.45, 7) is 1.09. The standard InChI is InChI=1S/C19H20BrFN2O4S/c1-27-15-3-5-16(6-4-15)28(25,26)23-10-8-22(9-11-23)19(24)13-14-2-7-18(21)17(20)12-14/h2-7,12H,8-11,13H2,1H3. The Bertz CT molecular complexity index is 958. The molecule has 1 fully saturated rings. The lowest BCUT2D eigenvalue weighted by Gasteiger charge is -2.34. The molecule has 3 rings (SSSR count). The zero-order valence-electron chi connectivity index (χ0n) is 15.3. The molecule has 9 heteroatoms. The van der Waals surface area contributed by atoms with Crippen molar-refractivity contribution in [1.82, 2.24) is 9.21 Å². The minimum absolute atomic E-state index is 0.111. The minimum Gasteiger partial charge on any atom is -0.497 e. The summed E-state index contributed by atoms with van der Waals surface area (Å²) in [5, 5.41) is 0. The number of amides is 1. The molecule has 1 aliphatic rings. The summed E-state index contributed by atoms with van der Waals surface area (Å²) in [5.74, 6) is 0.0929. The number of piperazine rings is 1. The fourth-order valence-electron chi connectivity index (χ4n) is 3.01. The Hall–Kier alpha value is -1.97. The first kappa shape index (κ1) is 20.8. The Labute approximate surface area is 172 Å². The molecule has 1 aliphatic heterocycles. The van der Waals surface area contributed by atoms with Gasteiger partial charge in [-0.05, 0) is 57.9 Å². The van der Waals surface area contributed by atoms with Gasteiger partial charge >= 0.3 is 0 Å². The van der Waals surface area contributed by atoms with Gasteiger partial charge in [0.05, 0.1) is 22.9 Å². The van der Waals surface area contributed by atoms with E-state index in [-0.39, 0.29) is 36.1 Å². The highest BCUT2D eigenvalue weighted by Crippen LogP contribution is 2.21. The number of halogens is 2. The van der Waals surface area contributed by atoms with Crippen molar-refractivity contribution in [2.24, 2.45) is 0 Å². The van der Waals surface area contributed by atoms with E-state index in [0.29, 0.717) is 28.9 Å². The topological polar surface area (TPSA) is 66.9 Å². The van der Waals surface area contributed by atoms with E-state index >= 15 is 0 Å². The normalized spacial score (nSPS) is 15.5. The summed E-state index contributed by atoms with van der Waals surface area (Å²) in [5.41, 5.74) is 0.701. The average Bonchev–Trinajstić information content (AvgIpc) is 2.71. The molecule has 0 spiro atoms. The number of nitrogens with zero attached hydrogens (tertiary/aromatic N) is 2. The van der Waals surface area contributed by atoms with Crippen molar-refractivity contribution in [1.29, 1.82) is 0 Å². The second-order valence-corrected chi connectivity index (χ2v) is 9.18. The lowest BCUT2D eigenvalue weighted by molar-refractivity contribution is -0.131. The van der Waals surface area contributed by atoms with Crippen LogP contribution in [-0.2, 0) is 21.2 Å². The number of rotatable bonds is 5. The third-order valence-electron chi connectivity index (χ3n) is 4.63. The lowest BCUT2D eigenvalue weighted by atomic mass is 10.1. The predicted molar refractivity (Wildman–Crippen MR) is 106 cm³/mol. The maximum atomic E-state index is 13.3. The van der Waals surface area contributed by atoms with Gasteiger partial charge in [-0.15, -0.1) is 0 Å². The Balaban J connectivity index is 1.61. The van der Waals surface area contributed by atoms with Gasteiger partial charge in [0, 0.05) is 26.2 Å². The van der Waals surface area contributed by atoms with Crippen LogP contribution in [0, 0.1) is 5.82 Å². The van der Waals surface area contributed by atoms with E-state index in [1.807, 2.05) is 0 Å². The smallest absolute Gasteiger partial charge is 0.243 e. The van der Waals surface area contributed by atoms with Crippen molar-refractivity contribution in [3.63, 3.8) is 0 Å². The summed E-state index contributed by atoms with van der Waals surface area (Å²) in [7, 11) is -2.10. The van der Waals surface area contributed by atoms with Crippen LogP contribution < -0.4 is 4.74 Å². The highest BCUT2D eigenvalue weighted by Gasteiger charge is 2.30. The van der Waals surface area contributed by atoms with Gasteiger partial charge in [0.1, 0.15) is 11.6 Å². The maximum absolute atomic E-state index is 13.3. The molecule has 0 N–H and O–H groups in total. The number of ether oxygens (including phenoxy) is 1. The average molecular weight is 471 g/mol. The zero-order valence-corrected chi connectivity index (χ0v) is 17.7. The summed E-state index contributed by atoms with van der Waals surface area (Å²) in [6, 6.07) is 10.7. The zero-order chi connectivity index (χ0) is 20.3. The molecule has 2 aromatic carbocycles. The summed E-state index contributed by atoms with van der Waals surface area (Å²) in [4.78, 5) is 14.3. The molecule has 0 unspecified atom stereocenters. The van der Waals surface area contributed by atoms with Gasteiger partial charge in [-0.3, -0.25) is 4.79 Å². The number of hydrogen-bond donors (Lipinski definition) is 0. The van der Waals surface area contributed by atoms with Crippen molar-refractivity contribution >= 4 is 31.9 Å². The highest BCUT2D eigenvalue weighted by atomic mass is 79.9. The van der Waals surface area contributed by atoms with Crippen molar-refractivity contribution in [2.75, 3.05) is 33.3 Å². The molecule has 28 heavy (non-hydrogen) atoms. The number of carbonyl (C=O) groups is 1. The minimum atomic E-state index is -3.61. The molecule has 0 aromatic heterocycles. The first-order chi connectivity index (χ1) is 13.3. The molecule has 2 aromatic rings. The van der Waals surface area contributed by atoms with Gasteiger partial charge in [-0.2, -0.15) is 4.31 Å². The molecule has 0 atom stereocenters. The van der Waals surface area contributed by atoms with Crippen LogP contribution in [0.3, 0.4) is 0 Å². The summed E-state index contributed by atoms with van der Waals surface area (Å²) < 4.78 is 45.6. The Morgan fingerprint density at radius 2 is 1.75 bits per heavy atom. The third kappa shape index (κ3) is 4.53. The molecule has 1 saturated heterocycles. The molecule has 0 bridgehead atoms. The van der Waals surface area contributed by atoms with E-state index in [1.54, 1.807) is 29.2 Å². The first-order valence-electron chi connectivity index (χ1n) is 8.67. The molecule has 0 aliphatic carbocycles. The van der Waals surface area contributed by atoms with Crippen LogP contribution in [0.4, 0.5) is 4.39 Å². The molecule has 1 amide bonds. The van der Waals surface area contributed by atoms with Gasteiger partial charge < -0.3 is 9.64 Å². The van der Waals surface area contributed by atoms with E-state index in [0.717, 1.165) is 0 Å². The number of benzene rings is 2. The van der Waals surface area contributed by atoms with Crippen molar-refractivity contribution in [3.05, 3.63) is 58.3 Å². The molecular formula is C19H20BrFN2O4S. The van der Waals surface area contributed by atoms with Crippen molar-refractivity contribution in [2.45, 2.75) is 11.3 Å². The Morgan fingerprint density at radius 1 is 1.11 bits per heavy atom. The number of hydrogen-bond acceptors (Lipinski definition) is 4. The van der Waals surface area contributed by atoms with Crippen LogP contribution in [0.15, 0.2) is 51.8 Å². The molecule has 150 valence electrons. The first-order valence-corrected chi connectivity index (χ1v) is 10.9. The van der Waals surface area contributed by atoms with Gasteiger partial charge in [0.2, 0.25) is 15.9 Å². The molecule has 1 heterocycles. The van der Waals surface area contributed by atoms with Gasteiger partial charge in [0.25, 0.3) is 0 Å². The quantitative estimate of drug-likeness (QED) is 0.673. The fraction of sp³-hybridized carbons (Fsp3) is 0.316. The second-order valence-electron chi connectivity index (χ2n) is 6.39. The molecule has 0 radical (unpaired) electrons. The fourth-order valence-corrected chi connectivity index (χ4v) is 4.86. The predicted octanol–water partition coefficient (Wildman–Crippen LogP) is 2.67. The largest absolute Gasteiger partial charge is 0.497 e. The van der Waals surface area contributed by atoms with Crippen LogP contribution in [0.25, 0.3) is 0 Å². The van der Waals surface area contributed by atoms with Crippen LogP contribution in [0.2, 0.25) is 0 Å². The maximum Gasteiger partial charge on any atom is 0.243 e. The van der Waals surface area contributed by atoms with E-state index in [9.17, 15) is 17.6 Å². The number of methoxy groups -OCH3 is 1. The van der Waals surface area contributed by atoms with E-state index in [4.69, 9.17) is 4.74 Å². The van der Waals surface area contributed by atoms with Crippen molar-refractivity contribution < 1.29 is 22.3 Å². The Morgan fingerprint density at radius 3 is 2.32 bits per heavy atom. The van der Waals surface area contributed by atoms with E-state index in [2.05, 4.69) is 15.9 Å². The van der Waals surface area contributed by atoms with Gasteiger partial charge in [0.15, 0.2) is 0 Å². The number of carbonyl (C=O) groups excluding carboxylic acids is 1. The number of sulfonamides is 1. The molecule has 6 nitrogen and oxygen atoms in total. The summed E-state index contributed by atoms with van der Waals surface area (Å²) in [6.07, 6.45) is 0.143. The SMILES string of the molecule is COc1ccc(S(=O)(=O)N2CCN(C(=O)Cc3ccc(F)c(Br)c3)CC2)cc1. The van der Waals surface area contributed by atoms with Crippen molar-refractivity contribution in [3.8, 4) is 5.75 Å². The van der Waals surface area contributed by atoms with E-state index < -0.39 is 10.0 Å². The monoisotopic (exact) mass is 470 g/mol. The second kappa shape index (κ2) is 8.59. The molecular weight excluding hydrogens is 451 g/mol. The third-order valence-corrected chi connectivity index (χ3v) is 7.15. The van der Waals surface area contributed by atoms with Crippen LogP contribution in [0.5, 0.6) is 5.75 Å². The van der Waals surface area contributed by atoms with Crippen LogP contribution >= 0.6 is 15.9 Å². The summed E-state index contributed by atoms with van der Waals surface area (Å²) >= 11 is 3.11. The highest BCUT2D eigenvalue weighted by molar-refractivity contribution is 9.10. The van der Waals surface area contributed by atoms with Gasteiger partial charge in [-0.25, -0.2) is 12.8 Å². The van der Waals surface area contributed by atoms with E-state index in [1.165, 1.54) is 29.6 Å². The van der Waals surface area contributed by atoms with Crippen LogP contribution in [-0.4, -0.2) is 56.8 Å². The lowest BCUT2D eigenvalue weighted by Crippen LogP contribution is -2.50. The van der Waals surface area contributed by atoms with Crippen LogP contribution in [0.1, 0.15) is 5.56 Å². The molecule has 0 saturated carbocycles.